The van der Waals surface area contributed by atoms with Crippen molar-refractivity contribution in [3.63, 3.8) is 0 Å². The van der Waals surface area contributed by atoms with Gasteiger partial charge in [0, 0.05) is 28.1 Å². The molecule has 0 bridgehead atoms. The van der Waals surface area contributed by atoms with Gasteiger partial charge in [0.15, 0.2) is 0 Å². The number of nitrogens with zero attached hydrogens (tertiary/aromatic N) is 1. The SMILES string of the molecule is CC1(C)CCN(C(=O)c2cc(F)ccc2Br)CCS1. The number of hydrogen-bond acceptors (Lipinski definition) is 2. The van der Waals surface area contributed by atoms with Gasteiger partial charge in [-0.1, -0.05) is 13.8 Å². The number of carbonyl (C=O) groups is 1. The van der Waals surface area contributed by atoms with Crippen LogP contribution in [0, 0.1) is 5.82 Å². The van der Waals surface area contributed by atoms with E-state index in [1.807, 2.05) is 16.7 Å². The van der Waals surface area contributed by atoms with Crippen LogP contribution < -0.4 is 0 Å². The van der Waals surface area contributed by atoms with Gasteiger partial charge in [0.1, 0.15) is 5.82 Å². The fraction of sp³-hybridized carbons (Fsp3) is 0.500. The highest BCUT2D eigenvalue weighted by Crippen LogP contribution is 2.31. The molecule has 1 amide bonds. The molecule has 1 fully saturated rings. The van der Waals surface area contributed by atoms with E-state index in [9.17, 15) is 9.18 Å². The van der Waals surface area contributed by atoms with Crippen LogP contribution in [0.2, 0.25) is 0 Å². The van der Waals surface area contributed by atoms with Gasteiger partial charge in [-0.15, -0.1) is 0 Å². The lowest BCUT2D eigenvalue weighted by Gasteiger charge is -2.23. The summed E-state index contributed by atoms with van der Waals surface area (Å²) in [5.41, 5.74) is 0.407. The lowest BCUT2D eigenvalue weighted by molar-refractivity contribution is 0.0763. The number of rotatable bonds is 1. The van der Waals surface area contributed by atoms with Crippen LogP contribution in [0.5, 0.6) is 0 Å². The second kappa shape index (κ2) is 5.83. The summed E-state index contributed by atoms with van der Waals surface area (Å²) in [6, 6.07) is 4.23. The quantitative estimate of drug-likeness (QED) is 0.768. The molecule has 1 aromatic carbocycles. The van der Waals surface area contributed by atoms with E-state index in [1.165, 1.54) is 12.1 Å². The van der Waals surface area contributed by atoms with Gasteiger partial charge < -0.3 is 4.90 Å². The molecule has 0 saturated carbocycles. The van der Waals surface area contributed by atoms with Crippen LogP contribution in [-0.4, -0.2) is 34.4 Å². The smallest absolute Gasteiger partial charge is 0.255 e. The van der Waals surface area contributed by atoms with Crippen molar-refractivity contribution in [3.8, 4) is 0 Å². The minimum absolute atomic E-state index is 0.0929. The van der Waals surface area contributed by atoms with Gasteiger partial charge >= 0.3 is 0 Å². The number of hydrogen-bond donors (Lipinski definition) is 0. The van der Waals surface area contributed by atoms with Crippen molar-refractivity contribution in [3.05, 3.63) is 34.1 Å². The Hall–Kier alpha value is -0.550. The summed E-state index contributed by atoms with van der Waals surface area (Å²) in [7, 11) is 0. The maximum atomic E-state index is 13.3. The third-order valence-corrected chi connectivity index (χ3v) is 5.35. The molecule has 104 valence electrons. The minimum atomic E-state index is -0.379. The van der Waals surface area contributed by atoms with Crippen molar-refractivity contribution in [2.45, 2.75) is 25.0 Å². The van der Waals surface area contributed by atoms with E-state index < -0.39 is 0 Å². The molecule has 2 nitrogen and oxygen atoms in total. The van der Waals surface area contributed by atoms with Crippen LogP contribution in [0.4, 0.5) is 4.39 Å². The summed E-state index contributed by atoms with van der Waals surface area (Å²) in [5, 5.41) is 0. The molecule has 1 aliphatic rings. The van der Waals surface area contributed by atoms with Gasteiger partial charge in [-0.3, -0.25) is 4.79 Å². The summed E-state index contributed by atoms with van der Waals surface area (Å²) in [5.74, 6) is 0.451. The zero-order valence-electron chi connectivity index (χ0n) is 11.1. The van der Waals surface area contributed by atoms with Gasteiger partial charge in [-0.2, -0.15) is 11.8 Å². The van der Waals surface area contributed by atoms with E-state index in [-0.39, 0.29) is 16.5 Å². The molecule has 0 N–H and O–H groups in total. The Labute approximate surface area is 125 Å². The standard InChI is InChI=1S/C14H17BrFNOS/c1-14(2)5-6-17(7-8-19-14)13(18)11-9-10(16)3-4-12(11)15/h3-4,9H,5-8H2,1-2H3. The molecule has 2 rings (SSSR count). The van der Waals surface area contributed by atoms with Crippen LogP contribution in [0.1, 0.15) is 30.6 Å². The second-order valence-electron chi connectivity index (χ2n) is 5.27. The summed E-state index contributed by atoms with van der Waals surface area (Å²) in [6.07, 6.45) is 0.955. The maximum Gasteiger partial charge on any atom is 0.255 e. The first-order chi connectivity index (χ1) is 8.89. The summed E-state index contributed by atoms with van der Waals surface area (Å²) < 4.78 is 14.1. The van der Waals surface area contributed by atoms with E-state index in [0.29, 0.717) is 10.0 Å². The molecule has 1 heterocycles. The molecule has 1 aliphatic heterocycles. The van der Waals surface area contributed by atoms with Crippen LogP contribution in [0.3, 0.4) is 0 Å². The summed E-state index contributed by atoms with van der Waals surface area (Å²) in [6.45, 7) is 5.84. The Balaban J connectivity index is 2.17. The van der Waals surface area contributed by atoms with Crippen molar-refractivity contribution in [2.75, 3.05) is 18.8 Å². The van der Waals surface area contributed by atoms with E-state index >= 15 is 0 Å². The van der Waals surface area contributed by atoms with Gasteiger partial charge in [-0.05, 0) is 40.5 Å². The molecule has 1 saturated heterocycles. The Morgan fingerprint density at radius 2 is 2.16 bits per heavy atom. The Morgan fingerprint density at radius 3 is 2.89 bits per heavy atom. The van der Waals surface area contributed by atoms with E-state index in [0.717, 1.165) is 25.3 Å². The van der Waals surface area contributed by atoms with Crippen LogP contribution in [0.15, 0.2) is 22.7 Å². The number of amides is 1. The molecular formula is C14H17BrFNOS. The number of thioether (sulfide) groups is 1. The van der Waals surface area contributed by atoms with Crippen molar-refractivity contribution >= 4 is 33.6 Å². The van der Waals surface area contributed by atoms with Crippen molar-refractivity contribution in [1.29, 1.82) is 0 Å². The van der Waals surface area contributed by atoms with E-state index in [4.69, 9.17) is 0 Å². The normalized spacial score (nSPS) is 19.1. The van der Waals surface area contributed by atoms with Gasteiger partial charge in [0.2, 0.25) is 0 Å². The number of carbonyl (C=O) groups excluding carboxylic acids is 1. The van der Waals surface area contributed by atoms with Gasteiger partial charge in [0.05, 0.1) is 5.56 Å². The fourth-order valence-electron chi connectivity index (χ4n) is 2.06. The van der Waals surface area contributed by atoms with Crippen LogP contribution >= 0.6 is 27.7 Å². The highest BCUT2D eigenvalue weighted by molar-refractivity contribution is 9.10. The molecule has 0 aromatic heterocycles. The molecule has 19 heavy (non-hydrogen) atoms. The molecule has 0 radical (unpaired) electrons. The average Bonchev–Trinajstić information content (AvgIpc) is 2.52. The Morgan fingerprint density at radius 1 is 1.42 bits per heavy atom. The minimum Gasteiger partial charge on any atom is -0.338 e. The Bertz CT molecular complexity index is 492. The largest absolute Gasteiger partial charge is 0.338 e. The zero-order valence-corrected chi connectivity index (χ0v) is 13.5. The highest BCUT2D eigenvalue weighted by Gasteiger charge is 2.27. The first kappa shape index (κ1) is 14.9. The third-order valence-electron chi connectivity index (χ3n) is 3.28. The number of benzene rings is 1. The first-order valence-corrected chi connectivity index (χ1v) is 8.05. The lowest BCUT2D eigenvalue weighted by Crippen LogP contribution is -2.33. The second-order valence-corrected chi connectivity index (χ2v) is 7.93. The summed E-state index contributed by atoms with van der Waals surface area (Å²) in [4.78, 5) is 14.3. The Kier molecular flexibility index (Phi) is 4.56. The van der Waals surface area contributed by atoms with Crippen molar-refractivity contribution in [2.24, 2.45) is 0 Å². The average molecular weight is 346 g/mol. The first-order valence-electron chi connectivity index (χ1n) is 6.27. The van der Waals surface area contributed by atoms with Crippen LogP contribution in [-0.2, 0) is 0 Å². The molecule has 1 aromatic rings. The molecule has 5 heteroatoms. The van der Waals surface area contributed by atoms with Gasteiger partial charge in [-0.25, -0.2) is 4.39 Å². The monoisotopic (exact) mass is 345 g/mol. The number of halogens is 2. The van der Waals surface area contributed by atoms with E-state index in [1.54, 1.807) is 6.07 Å². The molecule has 0 aliphatic carbocycles. The maximum absolute atomic E-state index is 13.3. The predicted octanol–water partition coefficient (Wildman–Crippen LogP) is 3.95. The molecule has 0 spiro atoms. The predicted molar refractivity (Wildman–Crippen MR) is 81.2 cm³/mol. The van der Waals surface area contributed by atoms with Crippen molar-refractivity contribution < 1.29 is 9.18 Å². The summed E-state index contributed by atoms with van der Waals surface area (Å²) >= 11 is 5.21. The fourth-order valence-corrected chi connectivity index (χ4v) is 3.57. The topological polar surface area (TPSA) is 20.3 Å². The molecule has 0 unspecified atom stereocenters. The third kappa shape index (κ3) is 3.72. The van der Waals surface area contributed by atoms with E-state index in [2.05, 4.69) is 29.8 Å². The lowest BCUT2D eigenvalue weighted by atomic mass is 10.1. The highest BCUT2D eigenvalue weighted by atomic mass is 79.9. The molecular weight excluding hydrogens is 329 g/mol. The van der Waals surface area contributed by atoms with Crippen LogP contribution in [0.25, 0.3) is 0 Å². The zero-order chi connectivity index (χ0) is 14.0. The van der Waals surface area contributed by atoms with Crippen molar-refractivity contribution in [1.82, 2.24) is 4.90 Å². The van der Waals surface area contributed by atoms with Gasteiger partial charge in [0.25, 0.3) is 5.91 Å². The molecule has 0 atom stereocenters.